The Kier molecular flexibility index (Phi) is 5.79. The number of nitrogens with two attached hydrogens (primary N) is 1. The molecule has 2 N–H and O–H groups in total. The van der Waals surface area contributed by atoms with E-state index in [1.54, 1.807) is 0 Å². The first-order valence-electron chi connectivity index (χ1n) is 5.82. The lowest BCUT2D eigenvalue weighted by Crippen LogP contribution is -1.94. The first-order valence-corrected chi connectivity index (χ1v) is 5.82. The highest BCUT2D eigenvalue weighted by Crippen LogP contribution is 2.07. The van der Waals surface area contributed by atoms with Crippen LogP contribution in [0.4, 0.5) is 0 Å². The zero-order chi connectivity index (χ0) is 10.9. The van der Waals surface area contributed by atoms with Crippen LogP contribution in [0, 0.1) is 0 Å². The van der Waals surface area contributed by atoms with E-state index in [0.717, 1.165) is 0 Å². The van der Waals surface area contributed by atoms with Crippen molar-refractivity contribution in [3.63, 3.8) is 0 Å². The van der Waals surface area contributed by atoms with Crippen molar-refractivity contribution in [2.75, 3.05) is 0 Å². The van der Waals surface area contributed by atoms with Gasteiger partial charge >= 0.3 is 0 Å². The van der Waals surface area contributed by atoms with Crippen LogP contribution in [0.1, 0.15) is 43.7 Å². The molecule has 1 rings (SSSR count). The molecule has 0 aromatic heterocycles. The van der Waals surface area contributed by atoms with E-state index in [2.05, 4.69) is 43.3 Å². The zero-order valence-corrected chi connectivity index (χ0v) is 9.58. The monoisotopic (exact) mass is 203 g/mol. The van der Waals surface area contributed by atoms with Gasteiger partial charge in [-0.15, -0.1) is 0 Å². The van der Waals surface area contributed by atoms with Crippen LogP contribution in [-0.4, -0.2) is 0 Å². The van der Waals surface area contributed by atoms with Crippen LogP contribution < -0.4 is 5.73 Å². The summed E-state index contributed by atoms with van der Waals surface area (Å²) in [6.45, 7) is 2.86. The highest BCUT2D eigenvalue weighted by atomic mass is 14.5. The molecule has 0 spiro atoms. The molecular formula is C14H21N. The third-order valence-corrected chi connectivity index (χ3v) is 2.50. The average Bonchev–Trinajstić information content (AvgIpc) is 2.30. The molecule has 1 nitrogen and oxygen atoms in total. The van der Waals surface area contributed by atoms with E-state index in [1.807, 2.05) is 0 Å². The van der Waals surface area contributed by atoms with Crippen LogP contribution in [0.2, 0.25) is 0 Å². The highest BCUT2D eigenvalue weighted by molar-refractivity contribution is 5.49. The Balaban J connectivity index is 2.36. The molecule has 1 heteroatoms. The molecule has 0 bridgehead atoms. The van der Waals surface area contributed by atoms with Gasteiger partial charge in [0.2, 0.25) is 0 Å². The summed E-state index contributed by atoms with van der Waals surface area (Å²) in [4.78, 5) is 0. The summed E-state index contributed by atoms with van der Waals surface area (Å²) in [5, 5.41) is 0. The second kappa shape index (κ2) is 7.24. The van der Waals surface area contributed by atoms with Crippen LogP contribution in [-0.2, 0) is 6.54 Å². The Labute approximate surface area is 93.0 Å². The minimum absolute atomic E-state index is 0.625. The number of rotatable bonds is 6. The molecule has 0 amide bonds. The van der Waals surface area contributed by atoms with Crippen molar-refractivity contribution in [1.82, 2.24) is 0 Å². The van der Waals surface area contributed by atoms with E-state index in [1.165, 1.54) is 36.8 Å². The Hall–Kier alpha value is -1.08. The lowest BCUT2D eigenvalue weighted by Gasteiger charge is -1.97. The first kappa shape index (κ1) is 12.0. The van der Waals surface area contributed by atoms with E-state index >= 15 is 0 Å². The van der Waals surface area contributed by atoms with Gasteiger partial charge in [0.15, 0.2) is 0 Å². The SMILES string of the molecule is CCCCC/C=C\c1ccc(CN)cc1. The molecule has 1 aromatic rings. The summed E-state index contributed by atoms with van der Waals surface area (Å²) in [5.41, 5.74) is 8.00. The number of hydrogen-bond acceptors (Lipinski definition) is 1. The summed E-state index contributed by atoms with van der Waals surface area (Å²) in [6.07, 6.45) is 9.55. The fourth-order valence-electron chi connectivity index (χ4n) is 1.50. The highest BCUT2D eigenvalue weighted by Gasteiger charge is 1.89. The third-order valence-electron chi connectivity index (χ3n) is 2.50. The summed E-state index contributed by atoms with van der Waals surface area (Å²) in [7, 11) is 0. The molecule has 0 saturated carbocycles. The summed E-state index contributed by atoms with van der Waals surface area (Å²) in [6, 6.07) is 8.43. The van der Waals surface area contributed by atoms with Gasteiger partial charge in [0, 0.05) is 6.54 Å². The van der Waals surface area contributed by atoms with Gasteiger partial charge in [-0.1, -0.05) is 56.2 Å². The van der Waals surface area contributed by atoms with Crippen LogP contribution in [0.25, 0.3) is 6.08 Å². The summed E-state index contributed by atoms with van der Waals surface area (Å²) >= 11 is 0. The second-order valence-corrected chi connectivity index (χ2v) is 3.84. The van der Waals surface area contributed by atoms with Gasteiger partial charge in [-0.2, -0.15) is 0 Å². The van der Waals surface area contributed by atoms with Crippen molar-refractivity contribution in [3.05, 3.63) is 41.5 Å². The predicted molar refractivity (Wildman–Crippen MR) is 67.5 cm³/mol. The van der Waals surface area contributed by atoms with Gasteiger partial charge < -0.3 is 5.73 Å². The molecule has 0 heterocycles. The number of allylic oxidation sites excluding steroid dienone is 1. The van der Waals surface area contributed by atoms with Crippen molar-refractivity contribution < 1.29 is 0 Å². The quantitative estimate of drug-likeness (QED) is 0.700. The van der Waals surface area contributed by atoms with E-state index in [0.29, 0.717) is 6.54 Å². The van der Waals surface area contributed by atoms with Crippen molar-refractivity contribution in [1.29, 1.82) is 0 Å². The minimum Gasteiger partial charge on any atom is -0.326 e. The van der Waals surface area contributed by atoms with Crippen LogP contribution >= 0.6 is 0 Å². The fourth-order valence-corrected chi connectivity index (χ4v) is 1.50. The van der Waals surface area contributed by atoms with Gasteiger partial charge in [-0.05, 0) is 24.0 Å². The molecule has 1 aromatic carbocycles. The Morgan fingerprint density at radius 1 is 1.13 bits per heavy atom. The molecule has 0 aliphatic carbocycles. The molecule has 0 fully saturated rings. The van der Waals surface area contributed by atoms with Crippen molar-refractivity contribution in [3.8, 4) is 0 Å². The Morgan fingerprint density at radius 3 is 2.47 bits per heavy atom. The smallest absolute Gasteiger partial charge is 0.0178 e. The third kappa shape index (κ3) is 4.80. The van der Waals surface area contributed by atoms with Crippen molar-refractivity contribution in [2.45, 2.75) is 39.2 Å². The molecule has 0 atom stereocenters. The standard InChI is InChI=1S/C14H21N/c1-2-3-4-5-6-7-13-8-10-14(12-15)11-9-13/h6-11H,2-5,12,15H2,1H3/b7-6-. The fraction of sp³-hybridized carbons (Fsp3) is 0.429. The van der Waals surface area contributed by atoms with Gasteiger partial charge in [-0.3, -0.25) is 0 Å². The largest absolute Gasteiger partial charge is 0.326 e. The molecule has 0 unspecified atom stereocenters. The van der Waals surface area contributed by atoms with Crippen LogP contribution in [0.5, 0.6) is 0 Å². The predicted octanol–water partition coefficient (Wildman–Crippen LogP) is 3.74. The summed E-state index contributed by atoms with van der Waals surface area (Å²) in [5.74, 6) is 0. The van der Waals surface area contributed by atoms with Gasteiger partial charge in [0.05, 0.1) is 0 Å². The van der Waals surface area contributed by atoms with E-state index in [9.17, 15) is 0 Å². The van der Waals surface area contributed by atoms with Crippen LogP contribution in [0.15, 0.2) is 30.3 Å². The lowest BCUT2D eigenvalue weighted by atomic mass is 10.1. The van der Waals surface area contributed by atoms with Gasteiger partial charge in [0.1, 0.15) is 0 Å². The first-order chi connectivity index (χ1) is 7.36. The zero-order valence-electron chi connectivity index (χ0n) is 9.58. The van der Waals surface area contributed by atoms with E-state index in [4.69, 9.17) is 5.73 Å². The molecule has 15 heavy (non-hydrogen) atoms. The second-order valence-electron chi connectivity index (χ2n) is 3.84. The van der Waals surface area contributed by atoms with Crippen molar-refractivity contribution >= 4 is 6.08 Å². The average molecular weight is 203 g/mol. The van der Waals surface area contributed by atoms with Crippen LogP contribution in [0.3, 0.4) is 0 Å². The molecule has 0 aliphatic rings. The molecular weight excluding hydrogens is 182 g/mol. The Bertz CT molecular complexity index is 285. The topological polar surface area (TPSA) is 26.0 Å². The van der Waals surface area contributed by atoms with Gasteiger partial charge in [0.25, 0.3) is 0 Å². The molecule has 0 saturated heterocycles. The maximum Gasteiger partial charge on any atom is 0.0178 e. The molecule has 0 aliphatic heterocycles. The number of benzene rings is 1. The van der Waals surface area contributed by atoms with E-state index in [-0.39, 0.29) is 0 Å². The maximum atomic E-state index is 5.54. The molecule has 82 valence electrons. The summed E-state index contributed by atoms with van der Waals surface area (Å²) < 4.78 is 0. The number of unbranched alkanes of at least 4 members (excludes halogenated alkanes) is 3. The van der Waals surface area contributed by atoms with Gasteiger partial charge in [-0.25, -0.2) is 0 Å². The normalized spacial score (nSPS) is 11.1. The number of hydrogen-bond donors (Lipinski definition) is 1. The maximum absolute atomic E-state index is 5.54. The lowest BCUT2D eigenvalue weighted by molar-refractivity contribution is 0.730. The Morgan fingerprint density at radius 2 is 1.87 bits per heavy atom. The molecule has 0 radical (unpaired) electrons. The minimum atomic E-state index is 0.625. The van der Waals surface area contributed by atoms with E-state index < -0.39 is 0 Å². The van der Waals surface area contributed by atoms with Crippen molar-refractivity contribution in [2.24, 2.45) is 5.73 Å².